The Labute approximate surface area is 229 Å². The predicted molar refractivity (Wildman–Crippen MR) is 150 cm³/mol. The Morgan fingerprint density at radius 2 is 2.00 bits per heavy atom. The number of halogens is 1. The summed E-state index contributed by atoms with van der Waals surface area (Å²) in [5.74, 6) is 0.845. The summed E-state index contributed by atoms with van der Waals surface area (Å²) >= 11 is 8.04. The Morgan fingerprint density at radius 1 is 1.21 bits per heavy atom. The third kappa shape index (κ3) is 4.53. The summed E-state index contributed by atoms with van der Waals surface area (Å²) in [6.07, 6.45) is 11.0. The number of fused-ring (bicyclic) bond motifs is 1. The molecule has 4 heterocycles. The van der Waals surface area contributed by atoms with Crippen LogP contribution >= 0.6 is 23.4 Å². The Balaban J connectivity index is 1.16. The molecule has 0 amide bonds. The highest BCUT2D eigenvalue weighted by Gasteiger charge is 2.48. The number of hydrogen-bond donors (Lipinski definition) is 2. The Hall–Kier alpha value is -2.79. The monoisotopic (exact) mass is 551 g/mol. The average molecular weight is 552 g/mol. The molecular formula is C27H30ClN7O2S. The number of hydrogen-bond acceptors (Lipinski definition) is 9. The first-order chi connectivity index (χ1) is 18.1. The fraction of sp³-hybridized carbons (Fsp3) is 0.444. The van der Waals surface area contributed by atoms with Gasteiger partial charge in [0.15, 0.2) is 0 Å². The minimum absolute atomic E-state index is 0.0319. The zero-order valence-electron chi connectivity index (χ0n) is 21.4. The largest absolute Gasteiger partial charge is 0.389 e. The molecule has 38 heavy (non-hydrogen) atoms. The van der Waals surface area contributed by atoms with Crippen LogP contribution in [0.15, 0.2) is 61.8 Å². The lowest BCUT2D eigenvalue weighted by Crippen LogP contribution is -2.48. The zero-order valence-corrected chi connectivity index (χ0v) is 23.0. The SMILES string of the molecule is CC(C)(O)Cn1cnc2ccc(Sc3cnc(N4CCC5(CC4)CC4=C(N=CC4)[C@H]5N)cn3)c(Cl)c2c1=O. The van der Waals surface area contributed by atoms with E-state index in [2.05, 4.69) is 24.8 Å². The second-order valence-electron chi connectivity index (χ2n) is 11.1. The molecule has 0 saturated carbocycles. The van der Waals surface area contributed by atoms with Gasteiger partial charge < -0.3 is 15.7 Å². The second kappa shape index (κ2) is 9.44. The van der Waals surface area contributed by atoms with E-state index in [1.54, 1.807) is 32.3 Å². The number of piperidine rings is 1. The number of anilines is 1. The quantitative estimate of drug-likeness (QED) is 0.491. The van der Waals surface area contributed by atoms with Crippen LogP contribution in [0.2, 0.25) is 5.02 Å². The number of aliphatic hydroxyl groups is 1. The summed E-state index contributed by atoms with van der Waals surface area (Å²) in [6.45, 7) is 5.18. The van der Waals surface area contributed by atoms with Crippen molar-refractivity contribution in [2.75, 3.05) is 18.0 Å². The van der Waals surface area contributed by atoms with Crippen molar-refractivity contribution < 1.29 is 5.11 Å². The Bertz CT molecular complexity index is 1520. The minimum Gasteiger partial charge on any atom is -0.389 e. The highest BCUT2D eigenvalue weighted by molar-refractivity contribution is 7.99. The van der Waals surface area contributed by atoms with Gasteiger partial charge in [0.1, 0.15) is 10.8 Å². The van der Waals surface area contributed by atoms with E-state index in [9.17, 15) is 9.90 Å². The van der Waals surface area contributed by atoms with Crippen molar-refractivity contribution in [3.8, 4) is 0 Å². The smallest absolute Gasteiger partial charge is 0.262 e. The third-order valence-electron chi connectivity index (χ3n) is 7.82. The van der Waals surface area contributed by atoms with Crippen molar-refractivity contribution in [1.29, 1.82) is 0 Å². The molecule has 2 aromatic heterocycles. The molecule has 1 fully saturated rings. The average Bonchev–Trinajstić information content (AvgIpc) is 3.43. The van der Waals surface area contributed by atoms with Gasteiger partial charge in [0.05, 0.1) is 58.5 Å². The molecule has 3 aromatic rings. The van der Waals surface area contributed by atoms with Gasteiger partial charge in [0.25, 0.3) is 5.56 Å². The predicted octanol–water partition coefficient (Wildman–Crippen LogP) is 3.81. The molecule has 1 saturated heterocycles. The minimum atomic E-state index is -1.06. The molecular weight excluding hydrogens is 522 g/mol. The Kier molecular flexibility index (Phi) is 6.33. The molecule has 3 aliphatic rings. The van der Waals surface area contributed by atoms with Gasteiger partial charge in [-0.05, 0) is 56.2 Å². The molecule has 6 rings (SSSR count). The summed E-state index contributed by atoms with van der Waals surface area (Å²) in [6, 6.07) is 3.64. The van der Waals surface area contributed by atoms with Gasteiger partial charge in [-0.25, -0.2) is 15.0 Å². The molecule has 9 nitrogen and oxygen atoms in total. The van der Waals surface area contributed by atoms with Crippen molar-refractivity contribution in [2.45, 2.75) is 67.6 Å². The highest BCUT2D eigenvalue weighted by Crippen LogP contribution is 2.50. The van der Waals surface area contributed by atoms with Gasteiger partial charge in [-0.3, -0.25) is 14.4 Å². The number of aromatic nitrogens is 4. The van der Waals surface area contributed by atoms with Crippen LogP contribution < -0.4 is 16.2 Å². The molecule has 3 N–H and O–H groups in total. The number of nitrogens with two attached hydrogens (primary N) is 1. The number of allylic oxidation sites excluding steroid dienone is 1. The second-order valence-corrected chi connectivity index (χ2v) is 12.5. The molecule has 11 heteroatoms. The lowest BCUT2D eigenvalue weighted by Gasteiger charge is -2.43. The number of rotatable bonds is 5. The van der Waals surface area contributed by atoms with Crippen molar-refractivity contribution in [2.24, 2.45) is 16.1 Å². The first kappa shape index (κ1) is 25.5. The maximum Gasteiger partial charge on any atom is 0.262 e. The van der Waals surface area contributed by atoms with Gasteiger partial charge in [-0.15, -0.1) is 0 Å². The van der Waals surface area contributed by atoms with E-state index in [1.807, 2.05) is 12.3 Å². The van der Waals surface area contributed by atoms with E-state index in [1.165, 1.54) is 28.2 Å². The van der Waals surface area contributed by atoms with Crippen molar-refractivity contribution in [3.63, 3.8) is 0 Å². The Morgan fingerprint density at radius 3 is 2.68 bits per heavy atom. The first-order valence-corrected chi connectivity index (χ1v) is 14.0. The lowest BCUT2D eigenvalue weighted by atomic mass is 9.72. The fourth-order valence-corrected chi connectivity index (χ4v) is 6.96. The maximum absolute atomic E-state index is 13.1. The van der Waals surface area contributed by atoms with Gasteiger partial charge >= 0.3 is 0 Å². The van der Waals surface area contributed by atoms with Gasteiger partial charge in [-0.1, -0.05) is 23.4 Å². The van der Waals surface area contributed by atoms with Gasteiger partial charge in [0, 0.05) is 30.6 Å². The normalized spacial score (nSPS) is 20.7. The molecule has 0 unspecified atom stereocenters. The summed E-state index contributed by atoms with van der Waals surface area (Å²) in [5, 5.41) is 11.5. The van der Waals surface area contributed by atoms with Crippen LogP contribution in [0.3, 0.4) is 0 Å². The highest BCUT2D eigenvalue weighted by atomic mass is 35.5. The van der Waals surface area contributed by atoms with Crippen LogP contribution in [0.4, 0.5) is 5.82 Å². The molecule has 1 spiro atoms. The van der Waals surface area contributed by atoms with Crippen LogP contribution in [0.25, 0.3) is 10.9 Å². The number of nitrogens with zero attached hydrogens (tertiary/aromatic N) is 6. The molecule has 0 radical (unpaired) electrons. The van der Waals surface area contributed by atoms with Crippen LogP contribution in [-0.4, -0.2) is 55.6 Å². The number of aliphatic imine (C=N–C) groups is 1. The molecule has 1 aliphatic carbocycles. The zero-order chi connectivity index (χ0) is 26.7. The summed E-state index contributed by atoms with van der Waals surface area (Å²) in [4.78, 5) is 34.3. The van der Waals surface area contributed by atoms with Crippen LogP contribution in [0.5, 0.6) is 0 Å². The van der Waals surface area contributed by atoms with Crippen LogP contribution in [0.1, 0.15) is 39.5 Å². The first-order valence-electron chi connectivity index (χ1n) is 12.8. The standard InChI is InChI=1S/C27H30ClN7O2S/c1-26(2,37)14-35-15-33-17-3-4-18(22(28)21(17)25(35)36)38-20-13-31-19(12-32-20)34-9-6-27(7-10-34)11-16-5-8-30-23(16)24(27)29/h3-4,8,12-13,15,24,37H,5-7,9-11,14,29H2,1-2H3/t24-/m1/s1. The molecule has 1 atom stereocenters. The molecule has 2 aliphatic heterocycles. The molecule has 1 aromatic carbocycles. The molecule has 0 bridgehead atoms. The van der Waals surface area contributed by atoms with Gasteiger partial charge in [-0.2, -0.15) is 0 Å². The van der Waals surface area contributed by atoms with Gasteiger partial charge in [0.2, 0.25) is 0 Å². The topological polar surface area (TPSA) is 123 Å². The molecule has 198 valence electrons. The van der Waals surface area contributed by atoms with E-state index in [-0.39, 0.29) is 23.6 Å². The number of benzene rings is 1. The van der Waals surface area contributed by atoms with Crippen LogP contribution in [0, 0.1) is 5.41 Å². The summed E-state index contributed by atoms with van der Waals surface area (Å²) in [5.41, 5.74) is 8.46. The summed E-state index contributed by atoms with van der Waals surface area (Å²) in [7, 11) is 0. The fourth-order valence-electron chi connectivity index (χ4n) is 5.84. The third-order valence-corrected chi connectivity index (χ3v) is 9.30. The van der Waals surface area contributed by atoms with Crippen molar-refractivity contribution >= 4 is 46.3 Å². The summed E-state index contributed by atoms with van der Waals surface area (Å²) < 4.78 is 1.38. The van der Waals surface area contributed by atoms with Crippen molar-refractivity contribution in [1.82, 2.24) is 19.5 Å². The van der Waals surface area contributed by atoms with E-state index in [0.717, 1.165) is 50.3 Å². The van der Waals surface area contributed by atoms with Crippen molar-refractivity contribution in [3.05, 3.63) is 57.5 Å². The van der Waals surface area contributed by atoms with E-state index in [0.29, 0.717) is 25.8 Å². The van der Waals surface area contributed by atoms with E-state index < -0.39 is 5.60 Å². The van der Waals surface area contributed by atoms with Crippen LogP contribution in [-0.2, 0) is 6.54 Å². The van der Waals surface area contributed by atoms with E-state index in [4.69, 9.17) is 17.3 Å². The van der Waals surface area contributed by atoms with E-state index >= 15 is 0 Å². The lowest BCUT2D eigenvalue weighted by molar-refractivity contribution is 0.0603. The maximum atomic E-state index is 13.1.